The second kappa shape index (κ2) is 3.42. The second-order valence-corrected chi connectivity index (χ2v) is 4.81. The predicted molar refractivity (Wildman–Crippen MR) is 61.2 cm³/mol. The van der Waals surface area contributed by atoms with Crippen molar-refractivity contribution in [2.75, 3.05) is 18.0 Å². The molecule has 1 aromatic heterocycles. The maximum atomic E-state index is 13.5. The van der Waals surface area contributed by atoms with Crippen molar-refractivity contribution in [3.8, 4) is 0 Å². The molecule has 3 nitrogen and oxygen atoms in total. The number of rotatable bonds is 0. The van der Waals surface area contributed by atoms with Gasteiger partial charge in [0.15, 0.2) is 0 Å². The molecule has 3 heterocycles. The van der Waals surface area contributed by atoms with E-state index < -0.39 is 0 Å². The fourth-order valence-electron chi connectivity index (χ4n) is 2.87. The molecule has 4 heteroatoms. The Bertz CT molecular complexity index is 433. The molecule has 2 atom stereocenters. The molecule has 0 bridgehead atoms. The molecule has 1 aromatic rings. The lowest BCUT2D eigenvalue weighted by Crippen LogP contribution is -2.55. The molecule has 2 aliphatic rings. The van der Waals surface area contributed by atoms with Crippen LogP contribution in [0.25, 0.3) is 0 Å². The van der Waals surface area contributed by atoms with E-state index in [4.69, 9.17) is 0 Å². The van der Waals surface area contributed by atoms with E-state index in [-0.39, 0.29) is 5.82 Å². The van der Waals surface area contributed by atoms with Gasteiger partial charge in [-0.05, 0) is 25.8 Å². The quantitative estimate of drug-likeness (QED) is 0.714. The van der Waals surface area contributed by atoms with Gasteiger partial charge in [-0.1, -0.05) is 0 Å². The van der Waals surface area contributed by atoms with Crippen LogP contribution in [0.5, 0.6) is 0 Å². The van der Waals surface area contributed by atoms with Crippen LogP contribution in [0.1, 0.15) is 18.1 Å². The minimum absolute atomic E-state index is 0.181. The Hall–Kier alpha value is -1.16. The number of nitrogens with one attached hydrogen (secondary N) is 1. The van der Waals surface area contributed by atoms with Crippen LogP contribution in [0.4, 0.5) is 10.2 Å². The summed E-state index contributed by atoms with van der Waals surface area (Å²) in [5.41, 5.74) is 1.87. The van der Waals surface area contributed by atoms with E-state index in [0.29, 0.717) is 12.1 Å². The number of anilines is 1. The Morgan fingerprint density at radius 2 is 2.31 bits per heavy atom. The van der Waals surface area contributed by atoms with Gasteiger partial charge < -0.3 is 10.2 Å². The fraction of sp³-hybridized carbons (Fsp3) is 0.583. The zero-order chi connectivity index (χ0) is 11.3. The molecule has 86 valence electrons. The van der Waals surface area contributed by atoms with E-state index in [1.807, 2.05) is 6.92 Å². The molecule has 2 aliphatic heterocycles. The van der Waals surface area contributed by atoms with Crippen LogP contribution in [0.15, 0.2) is 6.20 Å². The number of hydrogen-bond acceptors (Lipinski definition) is 3. The standard InChI is InChI=1S/C12H16FN3/c1-7-4-14-5-9-3-10-8(2)11(13)6-15-12(10)16(7)9/h6-7,9,14H,3-5H2,1-2H3. The van der Waals surface area contributed by atoms with Gasteiger partial charge in [0.2, 0.25) is 0 Å². The SMILES string of the molecule is Cc1c(F)cnc2c1CC1CNCC(C)N21. The van der Waals surface area contributed by atoms with Crippen molar-refractivity contribution < 1.29 is 4.39 Å². The first-order valence-corrected chi connectivity index (χ1v) is 5.81. The summed E-state index contributed by atoms with van der Waals surface area (Å²) in [7, 11) is 0. The molecule has 1 N–H and O–H groups in total. The normalized spacial score (nSPS) is 27.8. The van der Waals surface area contributed by atoms with Crippen LogP contribution >= 0.6 is 0 Å². The molecule has 1 fully saturated rings. The first-order chi connectivity index (χ1) is 7.68. The van der Waals surface area contributed by atoms with Crippen LogP contribution in [-0.4, -0.2) is 30.2 Å². The lowest BCUT2D eigenvalue weighted by molar-refractivity contribution is 0.427. The van der Waals surface area contributed by atoms with Gasteiger partial charge in [0, 0.05) is 30.7 Å². The molecule has 0 radical (unpaired) electrons. The summed E-state index contributed by atoms with van der Waals surface area (Å²) >= 11 is 0. The molecule has 0 saturated carbocycles. The number of fused-ring (bicyclic) bond motifs is 3. The summed E-state index contributed by atoms with van der Waals surface area (Å²) in [5.74, 6) is 0.817. The average Bonchev–Trinajstić information content (AvgIpc) is 2.64. The van der Waals surface area contributed by atoms with Crippen molar-refractivity contribution in [2.24, 2.45) is 0 Å². The van der Waals surface area contributed by atoms with E-state index >= 15 is 0 Å². The summed E-state index contributed by atoms with van der Waals surface area (Å²) in [5, 5.41) is 3.41. The number of pyridine rings is 1. The minimum atomic E-state index is -0.181. The van der Waals surface area contributed by atoms with Crippen molar-refractivity contribution in [1.82, 2.24) is 10.3 Å². The van der Waals surface area contributed by atoms with Gasteiger partial charge >= 0.3 is 0 Å². The summed E-state index contributed by atoms with van der Waals surface area (Å²) < 4.78 is 13.5. The Balaban J connectivity index is 2.09. The van der Waals surface area contributed by atoms with Crippen molar-refractivity contribution >= 4 is 5.82 Å². The highest BCUT2D eigenvalue weighted by Crippen LogP contribution is 2.35. The smallest absolute Gasteiger partial charge is 0.144 e. The topological polar surface area (TPSA) is 28.2 Å². The Kier molecular flexibility index (Phi) is 2.14. The molecule has 0 amide bonds. The van der Waals surface area contributed by atoms with E-state index in [1.54, 1.807) is 0 Å². The van der Waals surface area contributed by atoms with Gasteiger partial charge in [-0.15, -0.1) is 0 Å². The minimum Gasteiger partial charge on any atom is -0.348 e. The molecule has 0 spiro atoms. The third kappa shape index (κ3) is 1.26. The number of hydrogen-bond donors (Lipinski definition) is 1. The lowest BCUT2D eigenvalue weighted by Gasteiger charge is -2.37. The summed E-state index contributed by atoms with van der Waals surface area (Å²) in [4.78, 5) is 6.62. The number of piperazine rings is 1. The van der Waals surface area contributed by atoms with Crippen molar-refractivity contribution in [3.05, 3.63) is 23.1 Å². The molecule has 3 rings (SSSR count). The first-order valence-electron chi connectivity index (χ1n) is 5.81. The van der Waals surface area contributed by atoms with E-state index in [9.17, 15) is 4.39 Å². The van der Waals surface area contributed by atoms with Crippen molar-refractivity contribution in [3.63, 3.8) is 0 Å². The van der Waals surface area contributed by atoms with E-state index in [1.165, 1.54) is 6.20 Å². The first kappa shape index (κ1) is 10.0. The molecule has 0 aliphatic carbocycles. The Morgan fingerprint density at radius 3 is 3.12 bits per heavy atom. The van der Waals surface area contributed by atoms with Crippen LogP contribution in [-0.2, 0) is 6.42 Å². The van der Waals surface area contributed by atoms with Crippen LogP contribution in [0, 0.1) is 12.7 Å². The molecular weight excluding hydrogens is 205 g/mol. The maximum absolute atomic E-state index is 13.5. The van der Waals surface area contributed by atoms with Gasteiger partial charge in [0.1, 0.15) is 11.6 Å². The third-order valence-corrected chi connectivity index (χ3v) is 3.75. The second-order valence-electron chi connectivity index (χ2n) is 4.81. The molecule has 1 saturated heterocycles. The monoisotopic (exact) mass is 221 g/mol. The van der Waals surface area contributed by atoms with Gasteiger partial charge in [0.25, 0.3) is 0 Å². The highest BCUT2D eigenvalue weighted by Gasteiger charge is 2.37. The Labute approximate surface area is 94.7 Å². The zero-order valence-electron chi connectivity index (χ0n) is 9.63. The van der Waals surface area contributed by atoms with Crippen LogP contribution < -0.4 is 10.2 Å². The van der Waals surface area contributed by atoms with Gasteiger partial charge in [-0.25, -0.2) is 9.37 Å². The van der Waals surface area contributed by atoms with Crippen molar-refractivity contribution in [1.29, 1.82) is 0 Å². The van der Waals surface area contributed by atoms with Gasteiger partial charge in [0.05, 0.1) is 6.20 Å². The highest BCUT2D eigenvalue weighted by molar-refractivity contribution is 5.58. The van der Waals surface area contributed by atoms with Crippen molar-refractivity contribution in [2.45, 2.75) is 32.4 Å². The average molecular weight is 221 g/mol. The number of aromatic nitrogens is 1. The Morgan fingerprint density at radius 1 is 1.50 bits per heavy atom. The lowest BCUT2D eigenvalue weighted by atomic mass is 10.1. The summed E-state index contributed by atoms with van der Waals surface area (Å²) in [6, 6.07) is 0.893. The van der Waals surface area contributed by atoms with Crippen LogP contribution in [0.3, 0.4) is 0 Å². The maximum Gasteiger partial charge on any atom is 0.144 e. The summed E-state index contributed by atoms with van der Waals surface area (Å²) in [6.07, 6.45) is 2.27. The van der Waals surface area contributed by atoms with E-state index in [2.05, 4.69) is 22.1 Å². The zero-order valence-corrected chi connectivity index (χ0v) is 9.63. The molecule has 0 aromatic carbocycles. The van der Waals surface area contributed by atoms with E-state index in [0.717, 1.165) is 36.5 Å². The highest BCUT2D eigenvalue weighted by atomic mass is 19.1. The fourth-order valence-corrected chi connectivity index (χ4v) is 2.87. The number of halogens is 1. The number of nitrogens with zero attached hydrogens (tertiary/aromatic N) is 2. The van der Waals surface area contributed by atoms with Gasteiger partial charge in [-0.2, -0.15) is 0 Å². The molecular formula is C12H16FN3. The molecule has 2 unspecified atom stereocenters. The summed E-state index contributed by atoms with van der Waals surface area (Å²) in [6.45, 7) is 6.00. The predicted octanol–water partition coefficient (Wildman–Crippen LogP) is 1.25. The van der Waals surface area contributed by atoms with Crippen LogP contribution in [0.2, 0.25) is 0 Å². The van der Waals surface area contributed by atoms with Gasteiger partial charge in [-0.3, -0.25) is 0 Å². The molecule has 16 heavy (non-hydrogen) atoms. The third-order valence-electron chi connectivity index (χ3n) is 3.75. The largest absolute Gasteiger partial charge is 0.348 e.